The van der Waals surface area contributed by atoms with E-state index < -0.39 is 0 Å². The molecule has 0 aliphatic carbocycles. The quantitative estimate of drug-likeness (QED) is 0.772. The highest BCUT2D eigenvalue weighted by Gasteiger charge is 2.06. The van der Waals surface area contributed by atoms with Crippen LogP contribution in [0.25, 0.3) is 11.1 Å². The minimum Gasteiger partial charge on any atom is -0.497 e. The number of ether oxygens (including phenoxy) is 2. The Labute approximate surface area is 165 Å². The van der Waals surface area contributed by atoms with Crippen LogP contribution in [-0.2, 0) is 16.0 Å². The van der Waals surface area contributed by atoms with Crippen molar-refractivity contribution in [2.45, 2.75) is 13.3 Å². The summed E-state index contributed by atoms with van der Waals surface area (Å²) in [6.45, 7) is 2.03. The third kappa shape index (κ3) is 6.43. The van der Waals surface area contributed by atoms with Crippen molar-refractivity contribution < 1.29 is 19.1 Å². The SMILES string of the molecule is COC(=O)c1cccc(-c2ccccc(OC)ccc(CCNC(C)=O)c2)c1. The summed E-state index contributed by atoms with van der Waals surface area (Å²) >= 11 is 0. The number of carbonyl (C=O) groups excluding carboxylic acids is 2. The van der Waals surface area contributed by atoms with E-state index in [1.165, 1.54) is 14.0 Å². The zero-order valence-corrected chi connectivity index (χ0v) is 16.4. The van der Waals surface area contributed by atoms with Crippen LogP contribution in [0.2, 0.25) is 0 Å². The third-order valence-corrected chi connectivity index (χ3v) is 4.09. The molecule has 146 valence electrons. The Balaban J connectivity index is 2.52. The first-order chi connectivity index (χ1) is 13.5. The van der Waals surface area contributed by atoms with Crippen LogP contribution < -0.4 is 10.1 Å². The van der Waals surface area contributed by atoms with Gasteiger partial charge in [0.25, 0.3) is 0 Å². The second-order valence-electron chi connectivity index (χ2n) is 6.14. The smallest absolute Gasteiger partial charge is 0.337 e. The third-order valence-electron chi connectivity index (χ3n) is 4.09. The van der Waals surface area contributed by atoms with Gasteiger partial charge in [-0.2, -0.15) is 0 Å². The molecule has 0 heterocycles. The number of hydrogen-bond acceptors (Lipinski definition) is 4. The van der Waals surface area contributed by atoms with Gasteiger partial charge in [0.2, 0.25) is 5.91 Å². The molecule has 2 aromatic carbocycles. The summed E-state index contributed by atoms with van der Waals surface area (Å²) in [5.74, 6) is 0.290. The maximum atomic E-state index is 11.9. The van der Waals surface area contributed by atoms with E-state index in [9.17, 15) is 9.59 Å². The van der Waals surface area contributed by atoms with Crippen molar-refractivity contribution in [2.24, 2.45) is 0 Å². The van der Waals surface area contributed by atoms with Crippen molar-refractivity contribution in [3.63, 3.8) is 0 Å². The van der Waals surface area contributed by atoms with E-state index >= 15 is 0 Å². The van der Waals surface area contributed by atoms with Gasteiger partial charge in [-0.3, -0.25) is 4.79 Å². The molecule has 0 unspecified atom stereocenters. The molecule has 0 saturated heterocycles. The fraction of sp³-hybridized carbons (Fsp3) is 0.217. The molecule has 0 aromatic heterocycles. The number of amides is 1. The summed E-state index contributed by atoms with van der Waals surface area (Å²) in [6, 6.07) is 20.8. The van der Waals surface area contributed by atoms with Gasteiger partial charge in [-0.15, -0.1) is 0 Å². The fourth-order valence-electron chi connectivity index (χ4n) is 2.65. The molecule has 1 amide bonds. The minimum absolute atomic E-state index is 0.0635. The van der Waals surface area contributed by atoms with Gasteiger partial charge >= 0.3 is 5.97 Å². The highest BCUT2D eigenvalue weighted by molar-refractivity contribution is 5.90. The fourth-order valence-corrected chi connectivity index (χ4v) is 2.65. The molecular formula is C23H25NO4. The standard InChI is InChI=1S/C23H25NO4/c1-17(25)24-14-13-18-11-12-22(27-2)10-5-4-7-19(15-18)20-8-6-9-21(16-20)23(26)28-3/h4-12,15-16H,13-14H2,1-3H3,(H,24,25). The maximum absolute atomic E-state index is 11.9. The Hall–Kier alpha value is -3.34. The van der Waals surface area contributed by atoms with Gasteiger partial charge in [0, 0.05) is 13.5 Å². The predicted molar refractivity (Wildman–Crippen MR) is 110 cm³/mol. The Morgan fingerprint density at radius 1 is 0.893 bits per heavy atom. The van der Waals surface area contributed by atoms with Crippen LogP contribution in [0.4, 0.5) is 0 Å². The largest absolute Gasteiger partial charge is 0.497 e. The molecule has 0 spiro atoms. The topological polar surface area (TPSA) is 64.6 Å². The van der Waals surface area contributed by atoms with E-state index in [0.29, 0.717) is 18.5 Å². The van der Waals surface area contributed by atoms with Crippen LogP contribution in [0.3, 0.4) is 0 Å². The summed E-state index contributed by atoms with van der Waals surface area (Å²) in [7, 11) is 2.99. The van der Waals surface area contributed by atoms with Gasteiger partial charge in [0.05, 0.1) is 19.8 Å². The van der Waals surface area contributed by atoms with Gasteiger partial charge in [0.15, 0.2) is 0 Å². The zero-order valence-electron chi connectivity index (χ0n) is 16.4. The number of benzene rings is 1. The lowest BCUT2D eigenvalue weighted by molar-refractivity contribution is -0.118. The van der Waals surface area contributed by atoms with Crippen molar-refractivity contribution in [1.82, 2.24) is 5.32 Å². The van der Waals surface area contributed by atoms with Gasteiger partial charge in [-0.05, 0) is 47.4 Å². The summed E-state index contributed by atoms with van der Waals surface area (Å²) < 4.78 is 10.2. The molecule has 0 aliphatic heterocycles. The number of nitrogens with one attached hydrogen (secondary N) is 1. The van der Waals surface area contributed by atoms with E-state index in [-0.39, 0.29) is 11.9 Å². The van der Waals surface area contributed by atoms with Crippen LogP contribution >= 0.6 is 0 Å². The normalized spacial score (nSPS) is 9.82. The van der Waals surface area contributed by atoms with Crippen LogP contribution in [0.5, 0.6) is 5.75 Å². The molecule has 1 N–H and O–H groups in total. The van der Waals surface area contributed by atoms with Crippen molar-refractivity contribution in [3.05, 3.63) is 77.9 Å². The lowest BCUT2D eigenvalue weighted by Crippen LogP contribution is -2.22. The van der Waals surface area contributed by atoms with Gasteiger partial charge in [-0.1, -0.05) is 42.5 Å². The molecule has 5 heteroatoms. The Morgan fingerprint density at radius 3 is 2.32 bits per heavy atom. The highest BCUT2D eigenvalue weighted by atomic mass is 16.5. The lowest BCUT2D eigenvalue weighted by Gasteiger charge is -2.06. The number of esters is 1. The summed E-state index contributed by atoms with van der Waals surface area (Å²) in [5.41, 5.74) is 3.35. The number of carbonyl (C=O) groups is 2. The van der Waals surface area contributed by atoms with E-state index in [4.69, 9.17) is 9.47 Å². The number of hydrogen-bond donors (Lipinski definition) is 1. The van der Waals surface area contributed by atoms with E-state index in [1.54, 1.807) is 19.2 Å². The first kappa shape index (κ1) is 21.0. The monoisotopic (exact) mass is 379 g/mol. The molecule has 5 nitrogen and oxygen atoms in total. The molecule has 2 rings (SSSR count). The Morgan fingerprint density at radius 2 is 1.61 bits per heavy atom. The van der Waals surface area contributed by atoms with Crippen LogP contribution in [-0.4, -0.2) is 32.6 Å². The molecule has 2 aromatic rings. The molecule has 28 heavy (non-hydrogen) atoms. The summed E-state index contributed by atoms with van der Waals surface area (Å²) in [5, 5.41) is 2.81. The second kappa shape index (κ2) is 10.7. The van der Waals surface area contributed by atoms with Gasteiger partial charge in [-0.25, -0.2) is 4.79 Å². The van der Waals surface area contributed by atoms with Crippen LogP contribution in [0.15, 0.2) is 66.7 Å². The molecule has 0 atom stereocenters. The number of rotatable bonds is 6. The zero-order chi connectivity index (χ0) is 20.4. The van der Waals surface area contributed by atoms with Crippen molar-refractivity contribution >= 4 is 11.9 Å². The molecule has 0 saturated carbocycles. The Bertz CT molecular complexity index is 891. The van der Waals surface area contributed by atoms with Crippen LogP contribution in [0, 0.1) is 0 Å². The minimum atomic E-state index is -0.375. The van der Waals surface area contributed by atoms with Crippen molar-refractivity contribution in [3.8, 4) is 16.9 Å². The molecule has 0 bridgehead atoms. The van der Waals surface area contributed by atoms with Crippen LogP contribution in [0.1, 0.15) is 22.8 Å². The second-order valence-corrected chi connectivity index (χ2v) is 6.14. The average Bonchev–Trinajstić information content (AvgIpc) is 2.71. The average molecular weight is 379 g/mol. The highest BCUT2D eigenvalue weighted by Crippen LogP contribution is 2.21. The first-order valence-electron chi connectivity index (χ1n) is 8.98. The lowest BCUT2D eigenvalue weighted by atomic mass is 10.0. The predicted octanol–water partition coefficient (Wildman–Crippen LogP) is 3.95. The van der Waals surface area contributed by atoms with Gasteiger partial charge < -0.3 is 14.8 Å². The number of methoxy groups -OCH3 is 2. The maximum Gasteiger partial charge on any atom is 0.337 e. The molecular weight excluding hydrogens is 354 g/mol. The molecule has 0 fully saturated rings. The first-order valence-corrected chi connectivity index (χ1v) is 8.98. The summed E-state index contributed by atoms with van der Waals surface area (Å²) in [4.78, 5) is 23.0. The molecule has 0 radical (unpaired) electrons. The summed E-state index contributed by atoms with van der Waals surface area (Å²) in [6.07, 6.45) is 0.658. The van der Waals surface area contributed by atoms with E-state index in [0.717, 1.165) is 22.4 Å². The molecule has 0 aliphatic rings. The van der Waals surface area contributed by atoms with Crippen molar-refractivity contribution in [2.75, 3.05) is 20.8 Å². The van der Waals surface area contributed by atoms with Gasteiger partial charge in [0.1, 0.15) is 5.75 Å². The Kier molecular flexibility index (Phi) is 8.03. The van der Waals surface area contributed by atoms with E-state index in [1.807, 2.05) is 54.6 Å². The van der Waals surface area contributed by atoms with Crippen molar-refractivity contribution in [1.29, 1.82) is 0 Å². The van der Waals surface area contributed by atoms with E-state index in [2.05, 4.69) is 5.32 Å².